The topological polar surface area (TPSA) is 272 Å². The second-order valence-corrected chi connectivity index (χ2v) is 25.3. The van der Waals surface area contributed by atoms with Crippen LogP contribution in [0, 0.1) is 40.5 Å². The number of ether oxygens (including phenoxy) is 3. The van der Waals surface area contributed by atoms with Crippen molar-refractivity contribution in [1.29, 1.82) is 0 Å². The quantitative estimate of drug-likeness (QED) is 0.0674. The molecule has 25 heteroatoms. The minimum atomic E-state index is -0.250. The van der Waals surface area contributed by atoms with Gasteiger partial charge in [0.15, 0.2) is 0 Å². The van der Waals surface area contributed by atoms with Gasteiger partial charge < -0.3 is 43.9 Å². The van der Waals surface area contributed by atoms with Crippen molar-refractivity contribution in [2.75, 3.05) is 37.3 Å². The average Bonchev–Trinajstić information content (AvgIpc) is 1.45. The predicted molar refractivity (Wildman–Crippen MR) is 392 cm³/mol. The summed E-state index contributed by atoms with van der Waals surface area (Å²) in [5, 5.41) is 14.6. The van der Waals surface area contributed by atoms with E-state index in [2.05, 4.69) is 92.5 Å². The number of benzene rings is 3. The van der Waals surface area contributed by atoms with E-state index in [0.29, 0.717) is 79.8 Å². The van der Waals surface area contributed by atoms with Gasteiger partial charge in [-0.1, -0.05) is 54.6 Å². The highest BCUT2D eigenvalue weighted by Crippen LogP contribution is 2.43. The smallest absolute Gasteiger partial charge is 0.316 e. The molecule has 3 saturated carbocycles. The maximum absolute atomic E-state index is 13.9. The van der Waals surface area contributed by atoms with E-state index in [1.807, 2.05) is 113 Å². The zero-order valence-corrected chi connectivity index (χ0v) is 57.6. The van der Waals surface area contributed by atoms with Crippen molar-refractivity contribution in [2.24, 2.45) is 0 Å². The number of pyridine rings is 5. The standard InChI is InChI=1S/2C26H24N6O2.C25H23N7O2/c1-15(30-25-22(27-3)14-29-16(2)31-25)23-11-17-6-5-7-21(18-10-20(34-4)13-28-12-18)24(17)26(33)32(23)19-8-9-19;1-15(30-25-21(27-3)14-29-16(2)31-25)22-12-18-6-5-7-20(17-10-11-28-23(13-17)34-4)24(18)26(33)32(22)19-8-9-19;1-14(30-23-20(26-3)13-27-15(2)31-23)21-10-16-6-5-7-19(17-11-28-25(34-4)29-12-17)22(16)24(33)32(21)18-8-9-18/h2*5-7,10-15,19H,8-9H2,1-2,4H3,(H,29,30,31);5-7,10-14,18H,8-9H2,1-2,4H3,(H,27,30,31)/t2*15-;14-/m000/s1. The molecule has 0 unspecified atom stereocenters. The van der Waals surface area contributed by atoms with Gasteiger partial charge in [-0.15, -0.1) is 0 Å². The summed E-state index contributed by atoms with van der Waals surface area (Å²) in [6, 6.07) is 29.4. The fourth-order valence-corrected chi connectivity index (χ4v) is 12.8. The van der Waals surface area contributed by atoms with Crippen LogP contribution in [0.1, 0.15) is 130 Å². The van der Waals surface area contributed by atoms with Crippen LogP contribution in [-0.2, 0) is 0 Å². The van der Waals surface area contributed by atoms with E-state index in [-0.39, 0.29) is 58.9 Å². The van der Waals surface area contributed by atoms with Crippen LogP contribution in [0.25, 0.3) is 80.2 Å². The van der Waals surface area contributed by atoms with Crippen LogP contribution in [0.2, 0.25) is 0 Å². The zero-order valence-electron chi connectivity index (χ0n) is 57.6. The third-order valence-corrected chi connectivity index (χ3v) is 18.1. The largest absolute Gasteiger partial charge is 0.495 e. The number of nitrogens with zero attached hydrogens (tertiary/aromatic N) is 16. The summed E-state index contributed by atoms with van der Waals surface area (Å²) in [7, 11) is 4.69. The number of rotatable bonds is 18. The molecule has 3 N–H and O–H groups in total. The van der Waals surface area contributed by atoms with Gasteiger partial charge in [0.05, 0.1) is 81.5 Å². The Kier molecular flexibility index (Phi) is 19.2. The fourth-order valence-electron chi connectivity index (χ4n) is 12.8. The molecule has 3 aliphatic carbocycles. The lowest BCUT2D eigenvalue weighted by Crippen LogP contribution is -2.26. The van der Waals surface area contributed by atoms with Crippen LogP contribution < -0.4 is 46.8 Å². The Morgan fingerprint density at radius 1 is 0.441 bits per heavy atom. The number of aryl methyl sites for hydroxylation is 3. The lowest BCUT2D eigenvalue weighted by molar-refractivity contribution is 0.380. The van der Waals surface area contributed by atoms with E-state index >= 15 is 0 Å². The number of aromatic nitrogens is 13. The number of anilines is 3. The fraction of sp³-hybridized carbons (Fsp3) is 0.273. The molecular formula is C77H71N19O6. The van der Waals surface area contributed by atoms with E-state index < -0.39 is 0 Å². The van der Waals surface area contributed by atoms with Crippen molar-refractivity contribution in [1.82, 2.24) is 63.5 Å². The monoisotopic (exact) mass is 1360 g/mol. The third-order valence-electron chi connectivity index (χ3n) is 18.1. The number of methoxy groups -OCH3 is 3. The Bertz CT molecular complexity index is 5340. The molecule has 3 aromatic carbocycles. The Labute approximate surface area is 586 Å². The molecule has 3 fully saturated rings. The van der Waals surface area contributed by atoms with Crippen molar-refractivity contribution in [3.8, 4) is 51.0 Å². The Morgan fingerprint density at radius 3 is 1.20 bits per heavy atom. The molecular weight excluding hydrogens is 1290 g/mol. The van der Waals surface area contributed by atoms with Crippen LogP contribution in [0.15, 0.2) is 155 Å². The Hall–Kier alpha value is -12.8. The molecule has 9 aromatic heterocycles. The molecule has 3 atom stereocenters. The van der Waals surface area contributed by atoms with Crippen molar-refractivity contribution in [3.63, 3.8) is 0 Å². The van der Waals surface area contributed by atoms with Gasteiger partial charge >= 0.3 is 6.01 Å². The molecule has 9 heterocycles. The summed E-state index contributed by atoms with van der Waals surface area (Å²) in [4.78, 5) is 94.8. The van der Waals surface area contributed by atoms with Gasteiger partial charge in [-0.3, -0.25) is 34.3 Å². The van der Waals surface area contributed by atoms with Crippen LogP contribution in [-0.4, -0.2) is 84.9 Å². The molecule has 15 rings (SSSR count). The molecule has 0 aliphatic heterocycles. The normalized spacial score (nSPS) is 13.9. The van der Waals surface area contributed by atoms with E-state index in [4.69, 9.17) is 33.9 Å². The molecule has 0 amide bonds. The van der Waals surface area contributed by atoms with Gasteiger partial charge in [0, 0.05) is 95.8 Å². The molecule has 510 valence electrons. The van der Waals surface area contributed by atoms with E-state index in [0.717, 1.165) is 105 Å². The summed E-state index contributed by atoms with van der Waals surface area (Å²) in [6.07, 6.45) is 18.8. The molecule has 0 bridgehead atoms. The van der Waals surface area contributed by atoms with Gasteiger partial charge in [-0.05, 0) is 149 Å². The minimum Gasteiger partial charge on any atom is -0.495 e. The number of hydrogen-bond donors (Lipinski definition) is 3. The highest BCUT2D eigenvalue weighted by molar-refractivity contribution is 5.98. The van der Waals surface area contributed by atoms with Crippen molar-refractivity contribution < 1.29 is 14.2 Å². The second kappa shape index (κ2) is 28.9. The first-order valence-corrected chi connectivity index (χ1v) is 33.3. The van der Waals surface area contributed by atoms with E-state index in [9.17, 15) is 14.4 Å². The molecule has 0 radical (unpaired) electrons. The maximum Gasteiger partial charge on any atom is 0.316 e. The molecule has 3 aliphatic rings. The highest BCUT2D eigenvalue weighted by Gasteiger charge is 2.33. The van der Waals surface area contributed by atoms with Gasteiger partial charge in [-0.2, -0.15) is 0 Å². The first kappa shape index (κ1) is 67.7. The van der Waals surface area contributed by atoms with Crippen LogP contribution in [0.5, 0.6) is 17.6 Å². The summed E-state index contributed by atoms with van der Waals surface area (Å²) in [5.74, 6) is 4.29. The molecule has 102 heavy (non-hydrogen) atoms. The van der Waals surface area contributed by atoms with Crippen LogP contribution >= 0.6 is 0 Å². The Morgan fingerprint density at radius 2 is 0.833 bits per heavy atom. The van der Waals surface area contributed by atoms with Crippen molar-refractivity contribution in [3.05, 3.63) is 240 Å². The lowest BCUT2D eigenvalue weighted by Gasteiger charge is -2.22. The molecule has 0 spiro atoms. The maximum atomic E-state index is 13.9. The van der Waals surface area contributed by atoms with Gasteiger partial charge in [0.25, 0.3) is 16.7 Å². The lowest BCUT2D eigenvalue weighted by atomic mass is 9.98. The van der Waals surface area contributed by atoms with E-state index in [1.165, 1.54) is 25.7 Å². The Balaban J connectivity index is 0.000000137. The predicted octanol–water partition coefficient (Wildman–Crippen LogP) is 15.1. The molecule has 12 aromatic rings. The van der Waals surface area contributed by atoms with E-state index in [1.54, 1.807) is 66.0 Å². The highest BCUT2D eigenvalue weighted by atomic mass is 16.5. The zero-order chi connectivity index (χ0) is 71.5. The van der Waals surface area contributed by atoms with Crippen LogP contribution in [0.3, 0.4) is 0 Å². The van der Waals surface area contributed by atoms with Crippen molar-refractivity contribution in [2.45, 2.75) is 116 Å². The van der Waals surface area contributed by atoms with Crippen LogP contribution in [0.4, 0.5) is 34.5 Å². The first-order valence-electron chi connectivity index (χ1n) is 33.3. The van der Waals surface area contributed by atoms with Gasteiger partial charge in [0.1, 0.15) is 40.7 Å². The summed E-state index contributed by atoms with van der Waals surface area (Å²) >= 11 is 0. The molecule has 25 nitrogen and oxygen atoms in total. The number of fused-ring (bicyclic) bond motifs is 3. The summed E-state index contributed by atoms with van der Waals surface area (Å²) < 4.78 is 21.4. The second-order valence-electron chi connectivity index (χ2n) is 25.3. The summed E-state index contributed by atoms with van der Waals surface area (Å²) in [6.45, 7) is 33.6. The molecule has 0 saturated heterocycles. The first-order chi connectivity index (χ1) is 49.5. The SMILES string of the molecule is [C-]#[N+]c1cnc(C)nc1N[C@@H](C)c1cc2cccc(-c3ccnc(OC)c3)c2c(=O)n1C1CC1.[C-]#[N+]c1cnc(C)nc1N[C@@H](C)c1cc2cccc(-c3cnc(OC)nc3)c2c(=O)n1C1CC1.[C-]#[N+]c1cnc(C)nc1N[C@@H](C)c1cc2cccc(-c3cncc(OC)c3)c2c(=O)n1C1CC1. The summed E-state index contributed by atoms with van der Waals surface area (Å²) in [5.41, 5.74) is 8.51. The number of hydrogen-bond acceptors (Lipinski definition) is 19. The third kappa shape index (κ3) is 14.0. The number of nitrogens with one attached hydrogen (secondary N) is 3. The van der Waals surface area contributed by atoms with Gasteiger partial charge in [0.2, 0.25) is 22.9 Å². The average molecular weight is 1360 g/mol. The minimum absolute atomic E-state index is 0.0145. The van der Waals surface area contributed by atoms with Gasteiger partial charge in [-0.25, -0.2) is 44.4 Å². The van der Waals surface area contributed by atoms with Crippen molar-refractivity contribution >= 4 is 66.8 Å².